The maximum absolute atomic E-state index is 12.4. The fourth-order valence-electron chi connectivity index (χ4n) is 2.54. The Balaban J connectivity index is 2.17. The number of benzene rings is 1. The maximum atomic E-state index is 12.4. The molecule has 0 bridgehead atoms. The van der Waals surface area contributed by atoms with Gasteiger partial charge >= 0.3 is 0 Å². The zero-order valence-electron chi connectivity index (χ0n) is 10.7. The van der Waals surface area contributed by atoms with Crippen molar-refractivity contribution >= 4 is 23.2 Å². The van der Waals surface area contributed by atoms with E-state index in [2.05, 4.69) is 0 Å². The van der Waals surface area contributed by atoms with E-state index in [1.165, 1.54) is 19.3 Å². The first kappa shape index (κ1) is 13.2. The number of rotatable bonds is 2. The lowest BCUT2D eigenvalue weighted by atomic mass is 9.94. The number of halogens is 1. The first-order chi connectivity index (χ1) is 8.61. The number of hydrogen-bond donors (Lipinski definition) is 1. The lowest BCUT2D eigenvalue weighted by Crippen LogP contribution is -2.38. The molecule has 18 heavy (non-hydrogen) atoms. The Kier molecular flexibility index (Phi) is 4.12. The van der Waals surface area contributed by atoms with E-state index in [-0.39, 0.29) is 5.91 Å². The van der Waals surface area contributed by atoms with Gasteiger partial charge in [0.1, 0.15) is 0 Å². The van der Waals surface area contributed by atoms with Crippen LogP contribution in [0.2, 0.25) is 5.02 Å². The van der Waals surface area contributed by atoms with E-state index in [4.69, 9.17) is 17.3 Å². The third kappa shape index (κ3) is 2.61. The van der Waals surface area contributed by atoms with E-state index in [0.717, 1.165) is 12.8 Å². The largest absolute Gasteiger partial charge is 0.398 e. The molecule has 0 radical (unpaired) electrons. The van der Waals surface area contributed by atoms with Crippen molar-refractivity contribution in [2.24, 2.45) is 0 Å². The van der Waals surface area contributed by atoms with Crippen LogP contribution in [0.15, 0.2) is 18.2 Å². The third-order valence-electron chi connectivity index (χ3n) is 3.70. The van der Waals surface area contributed by atoms with Crippen molar-refractivity contribution < 1.29 is 4.79 Å². The number of nitrogens with zero attached hydrogens (tertiary/aromatic N) is 1. The van der Waals surface area contributed by atoms with Crippen LogP contribution >= 0.6 is 11.6 Å². The monoisotopic (exact) mass is 266 g/mol. The van der Waals surface area contributed by atoms with Crippen molar-refractivity contribution in [1.29, 1.82) is 0 Å². The minimum atomic E-state index is -0.0285. The highest BCUT2D eigenvalue weighted by Gasteiger charge is 2.24. The summed E-state index contributed by atoms with van der Waals surface area (Å²) in [6.45, 7) is 0. The van der Waals surface area contributed by atoms with E-state index in [1.807, 2.05) is 11.9 Å². The van der Waals surface area contributed by atoms with Crippen LogP contribution in [0.4, 0.5) is 5.69 Å². The topological polar surface area (TPSA) is 46.3 Å². The Morgan fingerprint density at radius 2 is 2.00 bits per heavy atom. The number of hydrogen-bond acceptors (Lipinski definition) is 2. The first-order valence-electron chi connectivity index (χ1n) is 6.42. The summed E-state index contributed by atoms with van der Waals surface area (Å²) < 4.78 is 0. The maximum Gasteiger partial charge on any atom is 0.255 e. The summed E-state index contributed by atoms with van der Waals surface area (Å²) in [5, 5.41) is 0.366. The van der Waals surface area contributed by atoms with E-state index >= 15 is 0 Å². The Morgan fingerprint density at radius 3 is 2.67 bits per heavy atom. The van der Waals surface area contributed by atoms with Gasteiger partial charge in [-0.05, 0) is 25.0 Å². The van der Waals surface area contributed by atoms with Crippen LogP contribution in [0.5, 0.6) is 0 Å². The molecule has 2 N–H and O–H groups in total. The summed E-state index contributed by atoms with van der Waals surface area (Å²) in [6.07, 6.45) is 5.85. The molecule has 1 fully saturated rings. The molecule has 1 aliphatic carbocycles. The summed E-state index contributed by atoms with van der Waals surface area (Å²) in [4.78, 5) is 14.2. The van der Waals surface area contributed by atoms with Gasteiger partial charge in [-0.25, -0.2) is 0 Å². The van der Waals surface area contributed by atoms with Crippen LogP contribution in [-0.2, 0) is 0 Å². The highest BCUT2D eigenvalue weighted by molar-refractivity contribution is 6.36. The average Bonchev–Trinajstić information content (AvgIpc) is 2.41. The van der Waals surface area contributed by atoms with Gasteiger partial charge in [0.15, 0.2) is 0 Å². The van der Waals surface area contributed by atoms with Crippen molar-refractivity contribution in [1.82, 2.24) is 4.90 Å². The smallest absolute Gasteiger partial charge is 0.255 e. The Labute approximate surface area is 113 Å². The molecule has 1 aliphatic rings. The molecule has 0 atom stereocenters. The quantitative estimate of drug-likeness (QED) is 0.835. The minimum absolute atomic E-state index is 0.0285. The molecule has 0 unspecified atom stereocenters. The van der Waals surface area contributed by atoms with Crippen LogP contribution in [0, 0.1) is 0 Å². The van der Waals surface area contributed by atoms with Crippen molar-refractivity contribution in [3.05, 3.63) is 28.8 Å². The molecule has 1 amide bonds. The van der Waals surface area contributed by atoms with Crippen LogP contribution in [0.3, 0.4) is 0 Å². The van der Waals surface area contributed by atoms with Crippen molar-refractivity contribution in [2.75, 3.05) is 12.8 Å². The summed E-state index contributed by atoms with van der Waals surface area (Å²) in [5.74, 6) is -0.0285. The highest BCUT2D eigenvalue weighted by Crippen LogP contribution is 2.27. The Bertz CT molecular complexity index is 441. The Morgan fingerprint density at radius 1 is 1.33 bits per heavy atom. The number of carbonyl (C=O) groups excluding carboxylic acids is 1. The highest BCUT2D eigenvalue weighted by atomic mass is 35.5. The molecular formula is C14H19ClN2O. The number of carbonyl (C=O) groups is 1. The van der Waals surface area contributed by atoms with Gasteiger partial charge in [0, 0.05) is 13.1 Å². The van der Waals surface area contributed by atoms with Crippen LogP contribution in [0.1, 0.15) is 42.5 Å². The van der Waals surface area contributed by atoms with Gasteiger partial charge in [-0.15, -0.1) is 0 Å². The fraction of sp³-hybridized carbons (Fsp3) is 0.500. The molecular weight excluding hydrogens is 248 g/mol. The van der Waals surface area contributed by atoms with Gasteiger partial charge in [0.2, 0.25) is 0 Å². The SMILES string of the molecule is CN(C(=O)c1cccc(N)c1Cl)C1CCCCC1. The van der Waals surface area contributed by atoms with Crippen LogP contribution in [-0.4, -0.2) is 23.9 Å². The van der Waals surface area contributed by atoms with Gasteiger partial charge in [0.05, 0.1) is 16.3 Å². The van der Waals surface area contributed by atoms with E-state index in [0.29, 0.717) is 22.3 Å². The minimum Gasteiger partial charge on any atom is -0.398 e. The fourth-order valence-corrected chi connectivity index (χ4v) is 2.75. The molecule has 1 aromatic carbocycles. The molecule has 0 spiro atoms. The molecule has 2 rings (SSSR count). The third-order valence-corrected chi connectivity index (χ3v) is 4.12. The number of nitrogens with two attached hydrogens (primary N) is 1. The summed E-state index contributed by atoms with van der Waals surface area (Å²) in [6, 6.07) is 5.55. The predicted octanol–water partition coefficient (Wildman–Crippen LogP) is 3.33. The van der Waals surface area contributed by atoms with Gasteiger partial charge in [-0.1, -0.05) is 36.9 Å². The second-order valence-corrected chi connectivity index (χ2v) is 5.29. The summed E-state index contributed by atoms with van der Waals surface area (Å²) >= 11 is 6.10. The average molecular weight is 267 g/mol. The molecule has 98 valence electrons. The normalized spacial score (nSPS) is 16.6. The number of amides is 1. The second-order valence-electron chi connectivity index (χ2n) is 4.92. The Hall–Kier alpha value is -1.22. The molecule has 0 heterocycles. The van der Waals surface area contributed by atoms with Gasteiger partial charge in [-0.3, -0.25) is 4.79 Å². The molecule has 1 saturated carbocycles. The van der Waals surface area contributed by atoms with E-state index in [9.17, 15) is 4.79 Å². The van der Waals surface area contributed by atoms with Crippen molar-refractivity contribution in [3.8, 4) is 0 Å². The predicted molar refractivity (Wildman–Crippen MR) is 74.8 cm³/mol. The van der Waals surface area contributed by atoms with Crippen LogP contribution < -0.4 is 5.73 Å². The lowest BCUT2D eigenvalue weighted by molar-refractivity contribution is 0.0696. The van der Waals surface area contributed by atoms with Crippen LogP contribution in [0.25, 0.3) is 0 Å². The number of nitrogen functional groups attached to an aromatic ring is 1. The zero-order valence-corrected chi connectivity index (χ0v) is 11.4. The second kappa shape index (κ2) is 5.61. The molecule has 3 nitrogen and oxygen atoms in total. The summed E-state index contributed by atoms with van der Waals surface area (Å²) in [7, 11) is 1.86. The van der Waals surface area contributed by atoms with Gasteiger partial charge in [0.25, 0.3) is 5.91 Å². The van der Waals surface area contributed by atoms with E-state index < -0.39 is 0 Å². The summed E-state index contributed by atoms with van der Waals surface area (Å²) in [5.41, 5.74) is 6.70. The number of anilines is 1. The molecule has 0 saturated heterocycles. The molecule has 4 heteroatoms. The molecule has 0 aliphatic heterocycles. The van der Waals surface area contributed by atoms with Crippen molar-refractivity contribution in [2.45, 2.75) is 38.1 Å². The van der Waals surface area contributed by atoms with Gasteiger partial charge in [-0.2, -0.15) is 0 Å². The van der Waals surface area contributed by atoms with E-state index in [1.54, 1.807) is 18.2 Å². The molecule has 0 aromatic heterocycles. The lowest BCUT2D eigenvalue weighted by Gasteiger charge is -2.31. The van der Waals surface area contributed by atoms with Crippen molar-refractivity contribution in [3.63, 3.8) is 0 Å². The van der Waals surface area contributed by atoms with Gasteiger partial charge < -0.3 is 10.6 Å². The first-order valence-corrected chi connectivity index (χ1v) is 6.80. The molecule has 1 aromatic rings. The standard InChI is InChI=1S/C14H19ClN2O/c1-17(10-6-3-2-4-7-10)14(18)11-8-5-9-12(16)13(11)15/h5,8-10H,2-4,6-7,16H2,1H3. The zero-order chi connectivity index (χ0) is 13.1.